The van der Waals surface area contributed by atoms with Crippen LogP contribution in [0.4, 0.5) is 5.82 Å². The molecule has 1 saturated heterocycles. The molecule has 0 spiro atoms. The lowest BCUT2D eigenvalue weighted by molar-refractivity contribution is 0.0751. The third kappa shape index (κ3) is 3.20. The van der Waals surface area contributed by atoms with Gasteiger partial charge in [-0.25, -0.2) is 4.98 Å². The van der Waals surface area contributed by atoms with Crippen LogP contribution in [0.5, 0.6) is 0 Å². The van der Waals surface area contributed by atoms with Crippen molar-refractivity contribution in [2.75, 3.05) is 31.1 Å². The molecule has 2 aromatic rings. The molecule has 0 radical (unpaired) electrons. The summed E-state index contributed by atoms with van der Waals surface area (Å²) in [5, 5.41) is 8.98. The van der Waals surface area contributed by atoms with E-state index >= 15 is 0 Å². The molecule has 1 fully saturated rings. The molecule has 5 nitrogen and oxygen atoms in total. The van der Waals surface area contributed by atoms with Crippen LogP contribution in [-0.2, 0) is 0 Å². The zero-order valence-corrected chi connectivity index (χ0v) is 14.1. The van der Waals surface area contributed by atoms with E-state index in [0.717, 1.165) is 23.8 Å². The number of thiophene rings is 1. The fraction of sp³-hybridized carbons (Fsp3) is 0.353. The predicted octanol–water partition coefficient (Wildman–Crippen LogP) is 2.59. The highest BCUT2D eigenvalue weighted by atomic mass is 32.1. The summed E-state index contributed by atoms with van der Waals surface area (Å²) in [7, 11) is 0. The second-order valence-electron chi connectivity index (χ2n) is 5.64. The Hall–Kier alpha value is -2.39. The lowest BCUT2D eigenvalue weighted by atomic mass is 10.2. The minimum absolute atomic E-state index is 0.115. The lowest BCUT2D eigenvalue weighted by Crippen LogP contribution is -2.48. The van der Waals surface area contributed by atoms with Gasteiger partial charge in [0.2, 0.25) is 0 Å². The number of anilines is 1. The van der Waals surface area contributed by atoms with Gasteiger partial charge in [-0.2, -0.15) is 5.26 Å². The van der Waals surface area contributed by atoms with E-state index in [-0.39, 0.29) is 5.91 Å². The molecule has 23 heavy (non-hydrogen) atoms. The molecule has 0 aromatic carbocycles. The van der Waals surface area contributed by atoms with Gasteiger partial charge in [-0.3, -0.25) is 4.79 Å². The Kier molecular flexibility index (Phi) is 4.30. The summed E-state index contributed by atoms with van der Waals surface area (Å²) in [5.41, 5.74) is 1.78. The Bertz CT molecular complexity index is 750. The zero-order valence-electron chi connectivity index (χ0n) is 13.2. The van der Waals surface area contributed by atoms with E-state index in [0.29, 0.717) is 18.7 Å². The zero-order chi connectivity index (χ0) is 16.4. The summed E-state index contributed by atoms with van der Waals surface area (Å²) in [6.45, 7) is 6.89. The summed E-state index contributed by atoms with van der Waals surface area (Å²) in [5.74, 6) is 0.920. The second-order valence-corrected chi connectivity index (χ2v) is 6.90. The van der Waals surface area contributed by atoms with Crippen LogP contribution in [0.25, 0.3) is 0 Å². The number of piperazine rings is 1. The van der Waals surface area contributed by atoms with E-state index in [1.807, 2.05) is 24.8 Å². The number of pyridine rings is 1. The van der Waals surface area contributed by atoms with E-state index < -0.39 is 0 Å². The number of hydrogen-bond donors (Lipinski definition) is 0. The number of amides is 1. The van der Waals surface area contributed by atoms with Gasteiger partial charge in [0.05, 0.1) is 16.5 Å². The quantitative estimate of drug-likeness (QED) is 0.851. The number of nitrogens with zero attached hydrogens (tertiary/aromatic N) is 4. The van der Waals surface area contributed by atoms with Crippen LogP contribution >= 0.6 is 11.3 Å². The van der Waals surface area contributed by atoms with Crippen molar-refractivity contribution in [2.45, 2.75) is 13.8 Å². The smallest absolute Gasteiger partial charge is 0.264 e. The summed E-state index contributed by atoms with van der Waals surface area (Å²) in [6.07, 6.45) is 1.66. The van der Waals surface area contributed by atoms with Crippen molar-refractivity contribution in [2.24, 2.45) is 0 Å². The van der Waals surface area contributed by atoms with Gasteiger partial charge in [0, 0.05) is 37.3 Å². The average Bonchev–Trinajstić information content (AvgIpc) is 2.93. The molecule has 118 valence electrons. The molecule has 0 bridgehead atoms. The SMILES string of the molecule is Cc1cc(C(=O)N2CCN(c3cc(C#N)ccn3)CC2)sc1C. The van der Waals surface area contributed by atoms with E-state index in [1.54, 1.807) is 29.7 Å². The highest BCUT2D eigenvalue weighted by Gasteiger charge is 2.24. The van der Waals surface area contributed by atoms with E-state index in [1.165, 1.54) is 10.4 Å². The first-order valence-electron chi connectivity index (χ1n) is 7.56. The van der Waals surface area contributed by atoms with Crippen LogP contribution in [0.15, 0.2) is 24.4 Å². The van der Waals surface area contributed by atoms with Gasteiger partial charge in [0.25, 0.3) is 5.91 Å². The van der Waals surface area contributed by atoms with Crippen molar-refractivity contribution < 1.29 is 4.79 Å². The first-order valence-corrected chi connectivity index (χ1v) is 8.37. The van der Waals surface area contributed by atoms with Crippen molar-refractivity contribution in [1.82, 2.24) is 9.88 Å². The summed E-state index contributed by atoms with van der Waals surface area (Å²) < 4.78 is 0. The van der Waals surface area contributed by atoms with Crippen molar-refractivity contribution in [3.63, 3.8) is 0 Å². The molecule has 0 saturated carbocycles. The normalized spacial score (nSPS) is 14.7. The Morgan fingerprint density at radius 2 is 2.00 bits per heavy atom. The molecule has 0 aliphatic carbocycles. The van der Waals surface area contributed by atoms with Crippen LogP contribution in [0.3, 0.4) is 0 Å². The maximum absolute atomic E-state index is 12.6. The summed E-state index contributed by atoms with van der Waals surface area (Å²) in [4.78, 5) is 22.9. The van der Waals surface area contributed by atoms with Crippen LogP contribution in [-0.4, -0.2) is 42.0 Å². The minimum Gasteiger partial charge on any atom is -0.353 e. The van der Waals surface area contributed by atoms with Crippen molar-refractivity contribution >= 4 is 23.1 Å². The maximum Gasteiger partial charge on any atom is 0.264 e. The molecule has 0 atom stereocenters. The Labute approximate surface area is 139 Å². The van der Waals surface area contributed by atoms with Gasteiger partial charge in [0.1, 0.15) is 5.82 Å². The molecular formula is C17H18N4OS. The molecule has 0 N–H and O–H groups in total. The number of nitriles is 1. The topological polar surface area (TPSA) is 60.2 Å². The van der Waals surface area contributed by atoms with Gasteiger partial charge >= 0.3 is 0 Å². The average molecular weight is 326 g/mol. The van der Waals surface area contributed by atoms with Crippen LogP contribution < -0.4 is 4.90 Å². The lowest BCUT2D eigenvalue weighted by Gasteiger charge is -2.35. The molecule has 3 rings (SSSR count). The van der Waals surface area contributed by atoms with Crippen molar-refractivity contribution in [3.8, 4) is 6.07 Å². The molecular weight excluding hydrogens is 308 g/mol. The minimum atomic E-state index is 0.115. The van der Waals surface area contributed by atoms with Crippen LogP contribution in [0.2, 0.25) is 0 Å². The Balaban J connectivity index is 1.66. The molecule has 1 aliphatic heterocycles. The van der Waals surface area contributed by atoms with Gasteiger partial charge in [-0.1, -0.05) is 0 Å². The molecule has 0 unspecified atom stereocenters. The fourth-order valence-corrected chi connectivity index (χ4v) is 3.64. The van der Waals surface area contributed by atoms with Crippen molar-refractivity contribution in [3.05, 3.63) is 45.3 Å². The molecule has 3 heterocycles. The highest BCUT2D eigenvalue weighted by Crippen LogP contribution is 2.23. The summed E-state index contributed by atoms with van der Waals surface area (Å²) >= 11 is 1.57. The number of carbonyl (C=O) groups is 1. The van der Waals surface area contributed by atoms with Crippen molar-refractivity contribution in [1.29, 1.82) is 5.26 Å². The fourth-order valence-electron chi connectivity index (χ4n) is 2.63. The molecule has 1 aliphatic rings. The van der Waals surface area contributed by atoms with Crippen LogP contribution in [0.1, 0.15) is 25.7 Å². The van der Waals surface area contributed by atoms with Gasteiger partial charge in [-0.15, -0.1) is 11.3 Å². The van der Waals surface area contributed by atoms with Crippen LogP contribution in [0, 0.1) is 25.2 Å². The molecule has 6 heteroatoms. The van der Waals surface area contributed by atoms with E-state index in [9.17, 15) is 4.79 Å². The third-order valence-electron chi connectivity index (χ3n) is 4.14. The largest absolute Gasteiger partial charge is 0.353 e. The highest BCUT2D eigenvalue weighted by molar-refractivity contribution is 7.14. The third-order valence-corrected chi connectivity index (χ3v) is 5.28. The van der Waals surface area contributed by atoms with Gasteiger partial charge in [0.15, 0.2) is 0 Å². The predicted molar refractivity (Wildman–Crippen MR) is 90.9 cm³/mol. The number of hydrogen-bond acceptors (Lipinski definition) is 5. The standard InChI is InChI=1S/C17H18N4OS/c1-12-9-15(23-13(12)2)17(22)21-7-5-20(6-8-21)16-10-14(11-18)3-4-19-16/h3-4,9-10H,5-8H2,1-2H3. The Morgan fingerprint density at radius 3 is 2.61 bits per heavy atom. The number of rotatable bonds is 2. The monoisotopic (exact) mass is 326 g/mol. The first-order chi connectivity index (χ1) is 11.1. The number of carbonyl (C=O) groups excluding carboxylic acids is 1. The Morgan fingerprint density at radius 1 is 1.26 bits per heavy atom. The first kappa shape index (κ1) is 15.5. The van der Waals surface area contributed by atoms with E-state index in [2.05, 4.69) is 16.0 Å². The maximum atomic E-state index is 12.6. The second kappa shape index (κ2) is 6.39. The number of aryl methyl sites for hydroxylation is 2. The molecule has 1 amide bonds. The number of aromatic nitrogens is 1. The summed E-state index contributed by atoms with van der Waals surface area (Å²) in [6, 6.07) is 7.61. The molecule has 2 aromatic heterocycles. The van der Waals surface area contributed by atoms with Gasteiger partial charge < -0.3 is 9.80 Å². The van der Waals surface area contributed by atoms with E-state index in [4.69, 9.17) is 5.26 Å². The van der Waals surface area contributed by atoms with Gasteiger partial charge in [-0.05, 0) is 37.6 Å².